The minimum atomic E-state index is -0.440. The molecule has 1 amide bonds. The van der Waals surface area contributed by atoms with Gasteiger partial charge in [0.2, 0.25) is 0 Å². The van der Waals surface area contributed by atoms with Crippen molar-refractivity contribution in [3.8, 4) is 0 Å². The molecule has 6 nitrogen and oxygen atoms in total. The molecule has 2 rings (SSSR count). The molecule has 2 heterocycles. The van der Waals surface area contributed by atoms with Crippen molar-refractivity contribution in [1.82, 2.24) is 19.8 Å². The van der Waals surface area contributed by atoms with Gasteiger partial charge in [0, 0.05) is 44.6 Å². The summed E-state index contributed by atoms with van der Waals surface area (Å²) >= 11 is 0. The van der Waals surface area contributed by atoms with E-state index < -0.39 is 5.60 Å². The molecule has 2 atom stereocenters. The molecule has 0 aliphatic carbocycles. The van der Waals surface area contributed by atoms with Crippen LogP contribution in [0.4, 0.5) is 4.79 Å². The van der Waals surface area contributed by atoms with E-state index in [-0.39, 0.29) is 6.09 Å². The molecule has 1 aliphatic heterocycles. The summed E-state index contributed by atoms with van der Waals surface area (Å²) in [6.45, 7) is 11.2. The van der Waals surface area contributed by atoms with Gasteiger partial charge in [-0.1, -0.05) is 6.92 Å². The maximum atomic E-state index is 12.2. The predicted octanol–water partition coefficient (Wildman–Crippen LogP) is 2.12. The standard InChI is InChI=1S/C16H28N4O2/c1-13-5-8-20(15(21)22-16(2,3)4)11-14(13)18-7-10-19-9-6-17-12-19/h6,9,12-14,18H,5,7-8,10-11H2,1-4H3/t13-,14-/m1/s1. The fourth-order valence-corrected chi connectivity index (χ4v) is 2.63. The van der Waals surface area contributed by atoms with E-state index >= 15 is 0 Å². The monoisotopic (exact) mass is 308 g/mol. The third-order valence-electron chi connectivity index (χ3n) is 3.95. The second kappa shape index (κ2) is 7.13. The van der Waals surface area contributed by atoms with Gasteiger partial charge >= 0.3 is 6.09 Å². The Balaban J connectivity index is 1.81. The van der Waals surface area contributed by atoms with Crippen LogP contribution in [-0.2, 0) is 11.3 Å². The fourth-order valence-electron chi connectivity index (χ4n) is 2.63. The van der Waals surface area contributed by atoms with Crippen molar-refractivity contribution in [3.05, 3.63) is 18.7 Å². The van der Waals surface area contributed by atoms with E-state index in [9.17, 15) is 4.79 Å². The lowest BCUT2D eigenvalue weighted by molar-refractivity contribution is 0.0148. The number of rotatable bonds is 4. The number of likely N-dealkylation sites (tertiary alicyclic amines) is 1. The zero-order chi connectivity index (χ0) is 16.2. The molecule has 1 fully saturated rings. The first-order valence-corrected chi connectivity index (χ1v) is 8.02. The molecule has 0 aromatic carbocycles. The van der Waals surface area contributed by atoms with Crippen molar-refractivity contribution in [2.45, 2.75) is 52.3 Å². The largest absolute Gasteiger partial charge is 0.444 e. The van der Waals surface area contributed by atoms with Gasteiger partial charge in [-0.05, 0) is 33.1 Å². The molecule has 6 heteroatoms. The summed E-state index contributed by atoms with van der Waals surface area (Å²) in [7, 11) is 0. The van der Waals surface area contributed by atoms with Gasteiger partial charge in [-0.25, -0.2) is 9.78 Å². The van der Waals surface area contributed by atoms with Crippen LogP contribution in [0.15, 0.2) is 18.7 Å². The lowest BCUT2D eigenvalue weighted by Crippen LogP contribution is -2.53. The van der Waals surface area contributed by atoms with Gasteiger partial charge in [0.1, 0.15) is 5.60 Å². The maximum absolute atomic E-state index is 12.2. The summed E-state index contributed by atoms with van der Waals surface area (Å²) in [6.07, 6.45) is 6.36. The second-order valence-electron chi connectivity index (χ2n) is 7.05. The minimum absolute atomic E-state index is 0.208. The van der Waals surface area contributed by atoms with E-state index in [1.54, 1.807) is 6.20 Å². The summed E-state index contributed by atoms with van der Waals surface area (Å²) in [6, 6.07) is 0.310. The number of imidazole rings is 1. The van der Waals surface area contributed by atoms with Crippen LogP contribution in [0, 0.1) is 5.92 Å². The topological polar surface area (TPSA) is 59.4 Å². The van der Waals surface area contributed by atoms with E-state index in [1.165, 1.54) is 0 Å². The first-order valence-electron chi connectivity index (χ1n) is 8.02. The first-order chi connectivity index (χ1) is 10.3. The Bertz CT molecular complexity index is 467. The summed E-state index contributed by atoms with van der Waals surface area (Å²) in [5.74, 6) is 0.557. The van der Waals surface area contributed by atoms with Crippen molar-refractivity contribution in [1.29, 1.82) is 0 Å². The van der Waals surface area contributed by atoms with Gasteiger partial charge in [-0.15, -0.1) is 0 Å². The van der Waals surface area contributed by atoms with Crippen LogP contribution < -0.4 is 5.32 Å². The van der Waals surface area contributed by atoms with Gasteiger partial charge in [-0.3, -0.25) is 0 Å². The molecule has 1 N–H and O–H groups in total. The van der Waals surface area contributed by atoms with Gasteiger partial charge in [0.15, 0.2) is 0 Å². The molecule has 1 aromatic heterocycles. The zero-order valence-electron chi connectivity index (χ0n) is 14.1. The fraction of sp³-hybridized carbons (Fsp3) is 0.750. The van der Waals surface area contributed by atoms with Crippen molar-refractivity contribution in [2.75, 3.05) is 19.6 Å². The number of amides is 1. The number of piperidine rings is 1. The van der Waals surface area contributed by atoms with Gasteiger partial charge in [-0.2, -0.15) is 0 Å². The Morgan fingerprint density at radius 2 is 2.23 bits per heavy atom. The van der Waals surface area contributed by atoms with Gasteiger partial charge in [0.05, 0.1) is 6.33 Å². The molecule has 22 heavy (non-hydrogen) atoms. The van der Waals surface area contributed by atoms with Gasteiger partial charge in [0.25, 0.3) is 0 Å². The van der Waals surface area contributed by atoms with Crippen LogP contribution in [0.1, 0.15) is 34.1 Å². The smallest absolute Gasteiger partial charge is 0.410 e. The Labute approximate surface area is 132 Å². The number of hydrogen-bond donors (Lipinski definition) is 1. The molecule has 124 valence electrons. The highest BCUT2D eigenvalue weighted by Crippen LogP contribution is 2.19. The number of aromatic nitrogens is 2. The van der Waals surface area contributed by atoms with Crippen molar-refractivity contribution in [3.63, 3.8) is 0 Å². The van der Waals surface area contributed by atoms with Crippen LogP contribution in [0.5, 0.6) is 0 Å². The number of carbonyl (C=O) groups is 1. The van der Waals surface area contributed by atoms with Crippen LogP contribution >= 0.6 is 0 Å². The summed E-state index contributed by atoms with van der Waals surface area (Å²) in [4.78, 5) is 18.0. The average Bonchev–Trinajstić information content (AvgIpc) is 2.92. The molecular formula is C16H28N4O2. The SMILES string of the molecule is C[C@@H]1CCN(C(=O)OC(C)(C)C)C[C@H]1NCCn1ccnc1. The highest BCUT2D eigenvalue weighted by atomic mass is 16.6. The van der Waals surface area contributed by atoms with E-state index in [0.717, 1.165) is 26.1 Å². The number of hydrogen-bond acceptors (Lipinski definition) is 4. The molecule has 1 aromatic rings. The van der Waals surface area contributed by atoms with E-state index in [2.05, 4.69) is 17.2 Å². The van der Waals surface area contributed by atoms with Crippen LogP contribution in [0.2, 0.25) is 0 Å². The maximum Gasteiger partial charge on any atom is 0.410 e. The Morgan fingerprint density at radius 3 is 2.86 bits per heavy atom. The van der Waals surface area contributed by atoms with Crippen molar-refractivity contribution >= 4 is 6.09 Å². The summed E-state index contributed by atoms with van der Waals surface area (Å²) < 4.78 is 7.52. The van der Waals surface area contributed by atoms with E-state index in [0.29, 0.717) is 18.5 Å². The van der Waals surface area contributed by atoms with E-state index in [1.807, 2.05) is 42.8 Å². The molecular weight excluding hydrogens is 280 g/mol. The molecule has 1 saturated heterocycles. The third kappa shape index (κ3) is 5.02. The van der Waals surface area contributed by atoms with Crippen LogP contribution in [0.25, 0.3) is 0 Å². The molecule has 0 spiro atoms. The molecule has 0 bridgehead atoms. The molecule has 1 aliphatic rings. The quantitative estimate of drug-likeness (QED) is 0.925. The number of nitrogens with zero attached hydrogens (tertiary/aromatic N) is 3. The van der Waals surface area contributed by atoms with Crippen LogP contribution in [0.3, 0.4) is 0 Å². The summed E-state index contributed by atoms with van der Waals surface area (Å²) in [5.41, 5.74) is -0.440. The van der Waals surface area contributed by atoms with Gasteiger partial charge < -0.3 is 19.5 Å². The third-order valence-corrected chi connectivity index (χ3v) is 3.95. The van der Waals surface area contributed by atoms with Crippen LogP contribution in [-0.4, -0.2) is 51.8 Å². The number of ether oxygens (including phenoxy) is 1. The predicted molar refractivity (Wildman–Crippen MR) is 85.6 cm³/mol. The normalized spacial score (nSPS) is 22.6. The number of nitrogens with one attached hydrogen (secondary N) is 1. The zero-order valence-corrected chi connectivity index (χ0v) is 14.1. The summed E-state index contributed by atoms with van der Waals surface area (Å²) in [5, 5.41) is 3.56. The Morgan fingerprint density at radius 1 is 1.45 bits per heavy atom. The molecule has 0 unspecified atom stereocenters. The molecule has 0 radical (unpaired) electrons. The minimum Gasteiger partial charge on any atom is -0.444 e. The second-order valence-corrected chi connectivity index (χ2v) is 7.05. The first kappa shape index (κ1) is 16.8. The lowest BCUT2D eigenvalue weighted by atomic mass is 9.93. The Hall–Kier alpha value is -1.56. The highest BCUT2D eigenvalue weighted by molar-refractivity contribution is 5.68. The number of carbonyl (C=O) groups excluding carboxylic acids is 1. The van der Waals surface area contributed by atoms with Crippen molar-refractivity contribution < 1.29 is 9.53 Å². The van der Waals surface area contributed by atoms with E-state index in [4.69, 9.17) is 4.74 Å². The highest BCUT2D eigenvalue weighted by Gasteiger charge is 2.30. The average molecular weight is 308 g/mol. The lowest BCUT2D eigenvalue weighted by Gasteiger charge is -2.38. The Kier molecular flexibility index (Phi) is 5.45. The molecule has 0 saturated carbocycles. The van der Waals surface area contributed by atoms with Crippen molar-refractivity contribution in [2.24, 2.45) is 5.92 Å².